The first-order chi connectivity index (χ1) is 7.24. The smallest absolute Gasteiger partial charge is 0.0588 e. The van der Waals surface area contributed by atoms with Crippen molar-refractivity contribution in [1.29, 1.82) is 0 Å². The van der Waals surface area contributed by atoms with Crippen LogP contribution in [0, 0.1) is 0 Å². The van der Waals surface area contributed by atoms with Gasteiger partial charge in [0.25, 0.3) is 0 Å². The predicted octanol–water partition coefficient (Wildman–Crippen LogP) is 1.59. The van der Waals surface area contributed by atoms with Crippen LogP contribution >= 0.6 is 0 Å². The number of aliphatic hydroxyl groups excluding tert-OH is 1. The first-order valence-corrected chi connectivity index (χ1v) is 5.16. The van der Waals surface area contributed by atoms with E-state index < -0.39 is 0 Å². The largest absolute Gasteiger partial charge is 0.395 e. The van der Waals surface area contributed by atoms with Gasteiger partial charge in [0, 0.05) is 29.1 Å². The maximum absolute atomic E-state index is 9.04. The van der Waals surface area contributed by atoms with Crippen molar-refractivity contribution in [2.45, 2.75) is 18.9 Å². The summed E-state index contributed by atoms with van der Waals surface area (Å²) in [6.07, 6.45) is 1.98. The van der Waals surface area contributed by atoms with Gasteiger partial charge in [-0.3, -0.25) is 0 Å². The lowest BCUT2D eigenvalue weighted by Gasteiger charge is -2.16. The van der Waals surface area contributed by atoms with Gasteiger partial charge in [-0.15, -0.1) is 0 Å². The van der Waals surface area contributed by atoms with E-state index >= 15 is 0 Å². The van der Waals surface area contributed by atoms with Gasteiger partial charge < -0.3 is 15.8 Å². The van der Waals surface area contributed by atoms with Crippen molar-refractivity contribution >= 4 is 10.9 Å². The zero-order valence-electron chi connectivity index (χ0n) is 8.77. The van der Waals surface area contributed by atoms with Crippen molar-refractivity contribution in [3.63, 3.8) is 0 Å². The number of benzene rings is 1. The van der Waals surface area contributed by atoms with Crippen LogP contribution in [0.3, 0.4) is 0 Å². The van der Waals surface area contributed by atoms with E-state index in [1.165, 1.54) is 10.9 Å². The van der Waals surface area contributed by atoms with Crippen molar-refractivity contribution in [3.05, 3.63) is 36.0 Å². The Hall–Kier alpha value is -1.32. The summed E-state index contributed by atoms with van der Waals surface area (Å²) in [6.45, 7) is 2.05. The summed E-state index contributed by atoms with van der Waals surface area (Å²) in [6, 6.07) is 7.91. The number of aromatic amines is 1. The Bertz CT molecular complexity index is 450. The second kappa shape index (κ2) is 4.04. The lowest BCUT2D eigenvalue weighted by Crippen LogP contribution is -2.30. The molecule has 0 spiro atoms. The fourth-order valence-corrected chi connectivity index (χ4v) is 1.86. The van der Waals surface area contributed by atoms with E-state index in [2.05, 4.69) is 11.1 Å². The minimum atomic E-state index is -0.204. The number of para-hydroxylation sites is 1. The number of hydrogen-bond acceptors (Lipinski definition) is 2. The molecule has 3 nitrogen and oxygen atoms in total. The normalized spacial score (nSPS) is 15.4. The lowest BCUT2D eigenvalue weighted by molar-refractivity contribution is 0.252. The SMILES string of the molecule is CC(c1c[nH]c2ccccc12)C(N)CO. The van der Waals surface area contributed by atoms with Gasteiger partial charge in [-0.2, -0.15) is 0 Å². The molecule has 2 unspecified atom stereocenters. The summed E-state index contributed by atoms with van der Waals surface area (Å²) in [5, 5.41) is 10.2. The van der Waals surface area contributed by atoms with Crippen LogP contribution in [-0.2, 0) is 0 Å². The van der Waals surface area contributed by atoms with Crippen LogP contribution < -0.4 is 5.73 Å². The molecule has 1 aromatic heterocycles. The van der Waals surface area contributed by atoms with Gasteiger partial charge in [0.1, 0.15) is 0 Å². The van der Waals surface area contributed by atoms with Crippen LogP contribution in [0.1, 0.15) is 18.4 Å². The molecule has 0 aliphatic carbocycles. The average Bonchev–Trinajstić information content (AvgIpc) is 2.70. The Morgan fingerprint density at radius 3 is 2.87 bits per heavy atom. The lowest BCUT2D eigenvalue weighted by atomic mass is 9.94. The Labute approximate surface area is 88.9 Å². The van der Waals surface area contributed by atoms with Crippen LogP contribution in [-0.4, -0.2) is 22.7 Å². The number of aromatic nitrogens is 1. The number of nitrogens with two attached hydrogens (primary N) is 1. The van der Waals surface area contributed by atoms with Crippen molar-refractivity contribution in [2.24, 2.45) is 5.73 Å². The number of rotatable bonds is 3. The van der Waals surface area contributed by atoms with Gasteiger partial charge in [0.15, 0.2) is 0 Å². The molecule has 0 saturated carbocycles. The van der Waals surface area contributed by atoms with E-state index in [0.29, 0.717) is 0 Å². The van der Waals surface area contributed by atoms with Gasteiger partial charge in [-0.05, 0) is 11.6 Å². The number of aliphatic hydroxyl groups is 1. The molecular formula is C12H16N2O. The molecule has 0 fully saturated rings. The van der Waals surface area contributed by atoms with Crippen molar-refractivity contribution in [3.8, 4) is 0 Å². The Morgan fingerprint density at radius 2 is 2.13 bits per heavy atom. The maximum atomic E-state index is 9.04. The molecule has 1 heterocycles. The summed E-state index contributed by atoms with van der Waals surface area (Å²) >= 11 is 0. The average molecular weight is 204 g/mol. The molecule has 80 valence electrons. The Morgan fingerprint density at radius 1 is 1.40 bits per heavy atom. The highest BCUT2D eigenvalue weighted by Gasteiger charge is 2.16. The first kappa shape index (κ1) is 10.2. The molecule has 3 heteroatoms. The molecule has 0 aliphatic heterocycles. The second-order valence-corrected chi connectivity index (χ2v) is 3.92. The zero-order chi connectivity index (χ0) is 10.8. The summed E-state index contributed by atoms with van der Waals surface area (Å²) in [4.78, 5) is 3.21. The fraction of sp³-hybridized carbons (Fsp3) is 0.333. The van der Waals surface area contributed by atoms with E-state index in [-0.39, 0.29) is 18.6 Å². The molecular weight excluding hydrogens is 188 g/mol. The standard InChI is InChI=1S/C12H16N2O/c1-8(11(13)7-15)10-6-14-12-5-3-2-4-9(10)12/h2-6,8,11,14-15H,7,13H2,1H3. The molecule has 0 aliphatic rings. The van der Waals surface area contributed by atoms with Crippen LogP contribution in [0.5, 0.6) is 0 Å². The van der Waals surface area contributed by atoms with Gasteiger partial charge in [-0.25, -0.2) is 0 Å². The van der Waals surface area contributed by atoms with Gasteiger partial charge in [0.05, 0.1) is 6.61 Å². The molecule has 0 amide bonds. The topological polar surface area (TPSA) is 62.0 Å². The highest BCUT2D eigenvalue weighted by Crippen LogP contribution is 2.26. The van der Waals surface area contributed by atoms with Gasteiger partial charge in [0.2, 0.25) is 0 Å². The van der Waals surface area contributed by atoms with Crippen LogP contribution in [0.25, 0.3) is 10.9 Å². The highest BCUT2D eigenvalue weighted by molar-refractivity contribution is 5.83. The number of fused-ring (bicyclic) bond motifs is 1. The highest BCUT2D eigenvalue weighted by atomic mass is 16.3. The molecule has 15 heavy (non-hydrogen) atoms. The van der Waals surface area contributed by atoms with E-state index in [0.717, 1.165) is 5.52 Å². The minimum Gasteiger partial charge on any atom is -0.395 e. The van der Waals surface area contributed by atoms with Crippen LogP contribution in [0.4, 0.5) is 0 Å². The summed E-state index contributed by atoms with van der Waals surface area (Å²) in [7, 11) is 0. The Balaban J connectivity index is 2.43. The third kappa shape index (κ3) is 1.76. The minimum absolute atomic E-state index is 0.0146. The monoisotopic (exact) mass is 204 g/mol. The third-order valence-corrected chi connectivity index (χ3v) is 2.96. The van der Waals surface area contributed by atoms with E-state index in [1.807, 2.05) is 31.3 Å². The molecule has 0 bridgehead atoms. The fourth-order valence-electron chi connectivity index (χ4n) is 1.86. The number of nitrogens with one attached hydrogen (secondary N) is 1. The summed E-state index contributed by atoms with van der Waals surface area (Å²) in [5.74, 6) is 0.158. The van der Waals surface area contributed by atoms with Crippen molar-refractivity contribution in [2.75, 3.05) is 6.61 Å². The van der Waals surface area contributed by atoms with Crippen molar-refractivity contribution in [1.82, 2.24) is 4.98 Å². The molecule has 4 N–H and O–H groups in total. The zero-order valence-corrected chi connectivity index (χ0v) is 8.77. The number of H-pyrrole nitrogens is 1. The second-order valence-electron chi connectivity index (χ2n) is 3.92. The third-order valence-electron chi connectivity index (χ3n) is 2.96. The molecule has 0 radical (unpaired) electrons. The predicted molar refractivity (Wildman–Crippen MR) is 61.8 cm³/mol. The summed E-state index contributed by atoms with van der Waals surface area (Å²) in [5.41, 5.74) is 8.12. The maximum Gasteiger partial charge on any atom is 0.0588 e. The van der Waals surface area contributed by atoms with Gasteiger partial charge in [-0.1, -0.05) is 25.1 Å². The van der Waals surface area contributed by atoms with E-state index in [4.69, 9.17) is 10.8 Å². The van der Waals surface area contributed by atoms with E-state index in [9.17, 15) is 0 Å². The van der Waals surface area contributed by atoms with Crippen molar-refractivity contribution < 1.29 is 5.11 Å². The molecule has 1 aromatic carbocycles. The molecule has 2 atom stereocenters. The Kier molecular flexibility index (Phi) is 2.75. The van der Waals surface area contributed by atoms with Crippen LogP contribution in [0.15, 0.2) is 30.5 Å². The van der Waals surface area contributed by atoms with Crippen LogP contribution in [0.2, 0.25) is 0 Å². The molecule has 0 saturated heterocycles. The summed E-state index contributed by atoms with van der Waals surface area (Å²) < 4.78 is 0. The first-order valence-electron chi connectivity index (χ1n) is 5.16. The molecule has 2 aromatic rings. The van der Waals surface area contributed by atoms with E-state index in [1.54, 1.807) is 0 Å². The van der Waals surface area contributed by atoms with Gasteiger partial charge >= 0.3 is 0 Å². The molecule has 2 rings (SSSR count). The quantitative estimate of drug-likeness (QED) is 0.711. The number of hydrogen-bond donors (Lipinski definition) is 3.